The first kappa shape index (κ1) is 17.1. The molecule has 0 radical (unpaired) electrons. The highest BCUT2D eigenvalue weighted by Gasteiger charge is 2.15. The summed E-state index contributed by atoms with van der Waals surface area (Å²) < 4.78 is 5.31. The summed E-state index contributed by atoms with van der Waals surface area (Å²) in [6.45, 7) is 4.12. The Bertz CT molecular complexity index is 391. The van der Waals surface area contributed by atoms with Crippen molar-refractivity contribution in [3.05, 3.63) is 11.8 Å². The zero-order valence-corrected chi connectivity index (χ0v) is 12.1. The molecule has 0 aromatic carbocycles. The van der Waals surface area contributed by atoms with E-state index < -0.39 is 5.91 Å². The molecule has 2 amide bonds. The first-order valence-electron chi connectivity index (χ1n) is 6.96. The van der Waals surface area contributed by atoms with E-state index in [2.05, 4.69) is 10.6 Å². The highest BCUT2D eigenvalue weighted by Crippen LogP contribution is 1.97. The fraction of sp³-hybridized carbons (Fsp3) is 0.615. The molecule has 8 heteroatoms. The molecule has 8 nitrogen and oxygen atoms in total. The van der Waals surface area contributed by atoms with Crippen molar-refractivity contribution in [3.8, 4) is 0 Å². The number of amides is 2. The van der Waals surface area contributed by atoms with E-state index in [1.165, 1.54) is 0 Å². The first-order chi connectivity index (χ1) is 10.2. The second kappa shape index (κ2) is 9.89. The molecule has 0 aliphatic carbocycles. The van der Waals surface area contributed by atoms with E-state index in [0.717, 1.165) is 38.6 Å². The predicted molar refractivity (Wildman–Crippen MR) is 78.9 cm³/mol. The van der Waals surface area contributed by atoms with Gasteiger partial charge in [-0.1, -0.05) is 0 Å². The third kappa shape index (κ3) is 6.37. The van der Waals surface area contributed by atoms with Crippen molar-refractivity contribution < 1.29 is 14.3 Å². The van der Waals surface area contributed by atoms with Crippen molar-refractivity contribution in [1.82, 2.24) is 15.5 Å². The lowest BCUT2D eigenvalue weighted by atomic mass is 10.3. The Kier molecular flexibility index (Phi) is 8.07. The number of hydrogen-bond donors (Lipinski definition) is 4. The molecule has 21 heavy (non-hydrogen) atoms. The number of nitrogens with two attached hydrogens (primary N) is 1. The molecule has 5 N–H and O–H groups in total. The van der Waals surface area contributed by atoms with Crippen LogP contribution in [0.15, 0.2) is 11.8 Å². The summed E-state index contributed by atoms with van der Waals surface area (Å²) in [5, 5.41) is 12.7. The van der Waals surface area contributed by atoms with E-state index in [1.807, 2.05) is 4.90 Å². The van der Waals surface area contributed by atoms with Crippen LogP contribution in [0, 0.1) is 5.41 Å². The van der Waals surface area contributed by atoms with Gasteiger partial charge in [0.1, 0.15) is 0 Å². The van der Waals surface area contributed by atoms with Gasteiger partial charge in [0.25, 0.3) is 5.91 Å². The van der Waals surface area contributed by atoms with Crippen molar-refractivity contribution in [1.29, 1.82) is 5.41 Å². The summed E-state index contributed by atoms with van der Waals surface area (Å²) in [4.78, 5) is 25.1. The molecular formula is C13H23N5O3. The van der Waals surface area contributed by atoms with Gasteiger partial charge in [0, 0.05) is 45.1 Å². The van der Waals surface area contributed by atoms with Gasteiger partial charge in [-0.05, 0) is 0 Å². The number of carbonyl (C=O) groups is 2. The average Bonchev–Trinajstić information content (AvgIpc) is 2.52. The minimum absolute atomic E-state index is 0.0951. The first-order valence-corrected chi connectivity index (χ1v) is 6.96. The Hall–Kier alpha value is -1.93. The number of hydrogen-bond acceptors (Lipinski definition) is 6. The lowest BCUT2D eigenvalue weighted by Gasteiger charge is -2.27. The second-order valence-corrected chi connectivity index (χ2v) is 4.52. The molecule has 1 aliphatic rings. The number of piperazine rings is 1. The quantitative estimate of drug-likeness (QED) is 0.245. The molecular weight excluding hydrogens is 274 g/mol. The number of carbonyl (C=O) groups excluding carboxylic acids is 2. The van der Waals surface area contributed by atoms with Crippen LogP contribution in [0.2, 0.25) is 0 Å². The molecule has 0 aromatic rings. The zero-order valence-electron chi connectivity index (χ0n) is 12.1. The summed E-state index contributed by atoms with van der Waals surface area (Å²) >= 11 is 0. The Morgan fingerprint density at radius 2 is 2.05 bits per heavy atom. The van der Waals surface area contributed by atoms with Crippen LogP contribution in [0.4, 0.5) is 0 Å². The maximum atomic E-state index is 11.8. The summed E-state index contributed by atoms with van der Waals surface area (Å²) in [7, 11) is 0. The minimum Gasteiger partial charge on any atom is -0.404 e. The van der Waals surface area contributed by atoms with Gasteiger partial charge in [0.15, 0.2) is 0 Å². The van der Waals surface area contributed by atoms with Crippen molar-refractivity contribution >= 4 is 18.0 Å². The molecule has 0 atom stereocenters. The maximum Gasteiger partial charge on any atom is 0.254 e. The van der Waals surface area contributed by atoms with Crippen molar-refractivity contribution in [2.45, 2.75) is 6.42 Å². The Morgan fingerprint density at radius 1 is 1.33 bits per heavy atom. The Balaban J connectivity index is 2.05. The molecule has 0 saturated carbocycles. The van der Waals surface area contributed by atoms with Crippen LogP contribution in [-0.2, 0) is 14.3 Å². The minimum atomic E-state index is -0.409. The van der Waals surface area contributed by atoms with E-state index in [1.54, 1.807) is 0 Å². The van der Waals surface area contributed by atoms with Crippen LogP contribution >= 0.6 is 0 Å². The molecule has 1 rings (SSSR count). The van der Waals surface area contributed by atoms with Crippen molar-refractivity contribution in [2.75, 3.05) is 45.9 Å². The largest absolute Gasteiger partial charge is 0.404 e. The summed E-state index contributed by atoms with van der Waals surface area (Å²) in [6, 6.07) is 0. The fourth-order valence-corrected chi connectivity index (χ4v) is 1.86. The summed E-state index contributed by atoms with van der Waals surface area (Å²) in [6.07, 6.45) is 2.32. The second-order valence-electron chi connectivity index (χ2n) is 4.52. The number of nitrogens with one attached hydrogen (secondary N) is 3. The number of nitrogens with zero attached hydrogens (tertiary/aromatic N) is 1. The molecule has 0 aromatic heterocycles. The van der Waals surface area contributed by atoms with Gasteiger partial charge < -0.3 is 31.4 Å². The zero-order chi connectivity index (χ0) is 15.5. The topological polar surface area (TPSA) is 121 Å². The molecule has 1 heterocycles. The van der Waals surface area contributed by atoms with Gasteiger partial charge >= 0.3 is 0 Å². The van der Waals surface area contributed by atoms with Crippen LogP contribution in [0.25, 0.3) is 0 Å². The van der Waals surface area contributed by atoms with E-state index >= 15 is 0 Å². The molecule has 0 unspecified atom stereocenters. The Morgan fingerprint density at radius 3 is 2.67 bits per heavy atom. The Labute approximate surface area is 124 Å². The van der Waals surface area contributed by atoms with Gasteiger partial charge in [0.05, 0.1) is 25.2 Å². The number of rotatable bonds is 8. The van der Waals surface area contributed by atoms with Crippen molar-refractivity contribution in [3.63, 3.8) is 0 Å². The van der Waals surface area contributed by atoms with Gasteiger partial charge in [-0.25, -0.2) is 0 Å². The average molecular weight is 297 g/mol. The highest BCUT2D eigenvalue weighted by atomic mass is 16.5. The monoisotopic (exact) mass is 297 g/mol. The predicted octanol–water partition coefficient (Wildman–Crippen LogP) is -1.57. The van der Waals surface area contributed by atoms with Gasteiger partial charge in [-0.15, -0.1) is 0 Å². The smallest absolute Gasteiger partial charge is 0.254 e. The molecule has 1 aliphatic heterocycles. The van der Waals surface area contributed by atoms with E-state index in [-0.39, 0.29) is 11.5 Å². The fourth-order valence-electron chi connectivity index (χ4n) is 1.86. The van der Waals surface area contributed by atoms with E-state index in [0.29, 0.717) is 26.2 Å². The van der Waals surface area contributed by atoms with Crippen molar-refractivity contribution in [2.24, 2.45) is 5.73 Å². The van der Waals surface area contributed by atoms with Crippen LogP contribution in [0.1, 0.15) is 6.42 Å². The highest BCUT2D eigenvalue weighted by molar-refractivity contribution is 6.11. The molecule has 1 fully saturated rings. The summed E-state index contributed by atoms with van der Waals surface area (Å²) in [5.41, 5.74) is 5.29. The molecule has 118 valence electrons. The molecule has 1 saturated heterocycles. The van der Waals surface area contributed by atoms with Crippen LogP contribution in [-0.4, -0.2) is 68.9 Å². The molecule has 0 spiro atoms. The van der Waals surface area contributed by atoms with Gasteiger partial charge in [-0.2, -0.15) is 0 Å². The number of ether oxygens (including phenoxy) is 1. The normalized spacial score (nSPS) is 15.6. The van der Waals surface area contributed by atoms with Crippen LogP contribution < -0.4 is 16.4 Å². The lowest BCUT2D eigenvalue weighted by molar-refractivity contribution is -0.133. The summed E-state index contributed by atoms with van der Waals surface area (Å²) in [5.74, 6) is -0.314. The van der Waals surface area contributed by atoms with Gasteiger partial charge in [0.2, 0.25) is 5.91 Å². The molecule has 0 bridgehead atoms. The third-order valence-corrected chi connectivity index (χ3v) is 3.06. The van der Waals surface area contributed by atoms with Crippen LogP contribution in [0.3, 0.4) is 0 Å². The SMILES string of the molecule is N=C/C(=C\N)C(=O)NCCOCCC(=O)N1CCNCC1. The standard InChI is InChI=1S/C13H23N5O3/c14-9-11(10-15)13(20)17-4-8-21-7-1-12(19)18-5-2-16-3-6-18/h9-10,14,16H,1-8,15H2,(H,17,20)/b11-10+,14-9?. The van der Waals surface area contributed by atoms with E-state index in [4.69, 9.17) is 15.9 Å². The lowest BCUT2D eigenvalue weighted by Crippen LogP contribution is -2.46. The van der Waals surface area contributed by atoms with E-state index in [9.17, 15) is 9.59 Å². The van der Waals surface area contributed by atoms with Gasteiger partial charge in [-0.3, -0.25) is 9.59 Å². The van der Waals surface area contributed by atoms with Crippen LogP contribution in [0.5, 0.6) is 0 Å². The third-order valence-electron chi connectivity index (χ3n) is 3.06. The maximum absolute atomic E-state index is 11.8.